The highest BCUT2D eigenvalue weighted by Crippen LogP contribution is 2.21. The summed E-state index contributed by atoms with van der Waals surface area (Å²) in [5.41, 5.74) is 2.76. The Bertz CT molecular complexity index is 627. The van der Waals surface area contributed by atoms with Gasteiger partial charge in [0.2, 0.25) is 5.39 Å². The lowest BCUT2D eigenvalue weighted by atomic mass is 10.4. The molecule has 2 rings (SSSR count). The normalized spacial score (nSPS) is 11.0. The zero-order chi connectivity index (χ0) is 13.1. The summed E-state index contributed by atoms with van der Waals surface area (Å²) in [7, 11) is 3.60. The molecule has 0 aromatic carbocycles. The lowest BCUT2D eigenvalue weighted by Crippen LogP contribution is -1.96. The summed E-state index contributed by atoms with van der Waals surface area (Å²) in [6.45, 7) is 2.21. The minimum absolute atomic E-state index is 0.296. The average molecular weight is 245 g/mol. The molecule has 0 amide bonds. The summed E-state index contributed by atoms with van der Waals surface area (Å²) < 4.78 is 3.33. The molecule has 0 spiro atoms. The van der Waals surface area contributed by atoms with Crippen molar-refractivity contribution in [2.24, 2.45) is 24.3 Å². The van der Waals surface area contributed by atoms with E-state index < -0.39 is 0 Å². The molecule has 0 atom stereocenters. The fraction of sp³-hybridized carbons (Fsp3) is 0.400. The average Bonchev–Trinajstić information content (AvgIpc) is 2.87. The summed E-state index contributed by atoms with van der Waals surface area (Å²) in [6.07, 6.45) is 3.12. The number of aromatic nitrogens is 4. The molecule has 0 N–H and O–H groups in total. The molecule has 0 aliphatic carbocycles. The van der Waals surface area contributed by atoms with E-state index in [-0.39, 0.29) is 0 Å². The maximum atomic E-state index is 8.78. The number of rotatable bonds is 3. The predicted molar refractivity (Wildman–Crippen MR) is 64.1 cm³/mol. The Morgan fingerprint density at radius 2 is 2.00 bits per heavy atom. The van der Waals surface area contributed by atoms with Crippen molar-refractivity contribution in [3.05, 3.63) is 28.8 Å². The molecule has 0 aliphatic rings. The number of azo groups is 1. The Morgan fingerprint density at radius 3 is 2.61 bits per heavy atom. The van der Waals surface area contributed by atoms with Crippen molar-refractivity contribution < 1.29 is 0 Å². The van der Waals surface area contributed by atoms with Crippen LogP contribution in [-0.4, -0.2) is 19.6 Å². The molecule has 8 heteroatoms. The SMILES string of the molecule is Cc1c(N=NCc2c([N+]#N)cnn2C)cnn1C. The Morgan fingerprint density at radius 1 is 1.28 bits per heavy atom. The van der Waals surface area contributed by atoms with E-state index in [4.69, 9.17) is 5.39 Å². The molecule has 2 aromatic heterocycles. The largest absolute Gasteiger partial charge is 0.427 e. The monoisotopic (exact) mass is 245 g/mol. The van der Waals surface area contributed by atoms with Crippen LogP contribution in [0, 0.1) is 12.3 Å². The second-order valence-electron chi connectivity index (χ2n) is 3.84. The van der Waals surface area contributed by atoms with Gasteiger partial charge in [0, 0.05) is 14.1 Å². The zero-order valence-electron chi connectivity index (χ0n) is 10.4. The topological polar surface area (TPSA) is 88.5 Å². The van der Waals surface area contributed by atoms with Crippen LogP contribution in [0.5, 0.6) is 0 Å². The molecule has 92 valence electrons. The molecule has 0 bridgehead atoms. The number of hydrogen-bond donors (Lipinski definition) is 0. The van der Waals surface area contributed by atoms with Gasteiger partial charge < -0.3 is 0 Å². The van der Waals surface area contributed by atoms with Gasteiger partial charge in [0.15, 0.2) is 10.7 Å². The minimum atomic E-state index is 0.296. The summed E-state index contributed by atoms with van der Waals surface area (Å²) in [5.74, 6) is 0. The third kappa shape index (κ3) is 2.10. The van der Waals surface area contributed by atoms with Gasteiger partial charge in [-0.2, -0.15) is 20.4 Å². The molecule has 0 unspecified atom stereocenters. The van der Waals surface area contributed by atoms with Gasteiger partial charge >= 0.3 is 5.69 Å². The van der Waals surface area contributed by atoms with Crippen LogP contribution in [0.15, 0.2) is 22.6 Å². The lowest BCUT2D eigenvalue weighted by molar-refractivity contribution is 0.705. The number of nitrogens with zero attached hydrogens (tertiary/aromatic N) is 8. The van der Waals surface area contributed by atoms with Crippen molar-refractivity contribution in [1.29, 1.82) is 5.39 Å². The van der Waals surface area contributed by atoms with Gasteiger partial charge in [-0.1, -0.05) is 0 Å². The fourth-order valence-corrected chi connectivity index (χ4v) is 1.48. The van der Waals surface area contributed by atoms with Crippen LogP contribution >= 0.6 is 0 Å². The molecule has 0 saturated heterocycles. The van der Waals surface area contributed by atoms with Crippen LogP contribution in [0.25, 0.3) is 4.98 Å². The van der Waals surface area contributed by atoms with Crippen molar-refractivity contribution in [3.63, 3.8) is 0 Å². The summed E-state index contributed by atoms with van der Waals surface area (Å²) in [5, 5.41) is 25.0. The van der Waals surface area contributed by atoms with E-state index in [1.807, 2.05) is 14.0 Å². The molecule has 2 heterocycles. The van der Waals surface area contributed by atoms with Crippen LogP contribution < -0.4 is 0 Å². The first-order valence-corrected chi connectivity index (χ1v) is 5.35. The van der Waals surface area contributed by atoms with Gasteiger partial charge in [0.1, 0.15) is 18.4 Å². The van der Waals surface area contributed by atoms with E-state index in [1.54, 1.807) is 22.6 Å². The van der Waals surface area contributed by atoms with Crippen molar-refractivity contribution in [3.8, 4) is 0 Å². The fourth-order valence-electron chi connectivity index (χ4n) is 1.48. The highest BCUT2D eigenvalue weighted by atomic mass is 15.3. The van der Waals surface area contributed by atoms with Crippen molar-refractivity contribution in [1.82, 2.24) is 19.6 Å². The third-order valence-corrected chi connectivity index (χ3v) is 2.76. The molecule has 8 nitrogen and oxygen atoms in total. The first-order chi connectivity index (χ1) is 8.63. The number of diazo groups is 1. The van der Waals surface area contributed by atoms with E-state index in [0.717, 1.165) is 11.4 Å². The Balaban J connectivity index is 2.15. The molecule has 2 aromatic rings. The van der Waals surface area contributed by atoms with Gasteiger partial charge in [-0.15, -0.1) is 0 Å². The maximum Gasteiger partial charge on any atom is 0.427 e. The van der Waals surface area contributed by atoms with Gasteiger partial charge in [0.25, 0.3) is 0 Å². The second kappa shape index (κ2) is 4.75. The second-order valence-corrected chi connectivity index (χ2v) is 3.84. The Labute approximate surface area is 104 Å². The van der Waals surface area contributed by atoms with Crippen LogP contribution in [0.2, 0.25) is 0 Å². The third-order valence-electron chi connectivity index (χ3n) is 2.76. The van der Waals surface area contributed by atoms with Crippen molar-refractivity contribution >= 4 is 11.4 Å². The van der Waals surface area contributed by atoms with Crippen molar-refractivity contribution in [2.45, 2.75) is 13.5 Å². The maximum absolute atomic E-state index is 8.78. The zero-order valence-corrected chi connectivity index (χ0v) is 10.4. The smallest absolute Gasteiger partial charge is 0.271 e. The van der Waals surface area contributed by atoms with E-state index in [2.05, 4.69) is 25.4 Å². The Kier molecular flexibility index (Phi) is 3.14. The predicted octanol–water partition coefficient (Wildman–Crippen LogP) is 2.23. The van der Waals surface area contributed by atoms with E-state index in [0.29, 0.717) is 17.9 Å². The Hall–Kier alpha value is -2.56. The first-order valence-electron chi connectivity index (χ1n) is 5.35. The van der Waals surface area contributed by atoms with Gasteiger partial charge in [0.05, 0.1) is 11.9 Å². The highest BCUT2D eigenvalue weighted by molar-refractivity contribution is 5.46. The minimum Gasteiger partial charge on any atom is -0.271 e. The lowest BCUT2D eigenvalue weighted by Gasteiger charge is -1.94. The molecule has 18 heavy (non-hydrogen) atoms. The van der Waals surface area contributed by atoms with Crippen LogP contribution in [0.4, 0.5) is 11.4 Å². The summed E-state index contributed by atoms with van der Waals surface area (Å²) in [4.78, 5) is 3.14. The van der Waals surface area contributed by atoms with Crippen molar-refractivity contribution in [2.75, 3.05) is 0 Å². The molecule has 0 saturated carbocycles. The van der Waals surface area contributed by atoms with Crippen LogP contribution in [-0.2, 0) is 20.6 Å². The molecule has 0 fully saturated rings. The van der Waals surface area contributed by atoms with Gasteiger partial charge in [-0.25, -0.2) is 0 Å². The standard InChI is InChI=1S/C10H13N8/c1-7-8(4-13-17(7)2)16-12-6-10-9(15-11)5-14-18(10)3/h4-5H,6H2,1-3H3/q+1. The molecular formula is C10H13N8+. The van der Waals surface area contributed by atoms with Gasteiger partial charge in [-0.3, -0.25) is 9.36 Å². The molecule has 0 radical (unpaired) electrons. The van der Waals surface area contributed by atoms with E-state index in [9.17, 15) is 0 Å². The number of aryl methyl sites for hydroxylation is 2. The summed E-state index contributed by atoms with van der Waals surface area (Å²) in [6, 6.07) is 0. The first kappa shape index (κ1) is 11.9. The van der Waals surface area contributed by atoms with E-state index >= 15 is 0 Å². The van der Waals surface area contributed by atoms with Gasteiger partial charge in [-0.05, 0) is 6.92 Å². The summed E-state index contributed by atoms with van der Waals surface area (Å²) >= 11 is 0. The molecular weight excluding hydrogens is 232 g/mol. The van der Waals surface area contributed by atoms with E-state index in [1.165, 1.54) is 6.20 Å². The number of hydrogen-bond acceptors (Lipinski definition) is 5. The molecule has 0 aliphatic heterocycles. The quantitative estimate of drug-likeness (QED) is 0.613. The highest BCUT2D eigenvalue weighted by Gasteiger charge is 2.18. The van der Waals surface area contributed by atoms with Crippen LogP contribution in [0.1, 0.15) is 11.4 Å². The van der Waals surface area contributed by atoms with Crippen LogP contribution in [0.3, 0.4) is 0 Å².